The fourth-order valence-corrected chi connectivity index (χ4v) is 5.94. The molecule has 1 aromatic rings. The van der Waals surface area contributed by atoms with E-state index in [1.54, 1.807) is 24.3 Å². The molecule has 3 aliphatic heterocycles. The number of esters is 2. The van der Waals surface area contributed by atoms with E-state index in [9.17, 15) is 18.0 Å². The molecule has 3 fully saturated rings. The summed E-state index contributed by atoms with van der Waals surface area (Å²) in [6, 6.07) is 5.70. The van der Waals surface area contributed by atoms with Crippen molar-refractivity contribution in [3.8, 4) is 0 Å². The summed E-state index contributed by atoms with van der Waals surface area (Å²) in [5, 5.41) is 0. The first-order valence-electron chi connectivity index (χ1n) is 7.27. The SMILES string of the molecule is Cc1ccc(S(=O)(=O)N2[C@@H]3CC[C@H]2[C@H]2C(=O)OC(=O)[C@H]23)cc1. The number of aryl methyl sites for hydroxylation is 1. The summed E-state index contributed by atoms with van der Waals surface area (Å²) in [5.74, 6) is -2.42. The van der Waals surface area contributed by atoms with E-state index in [1.165, 1.54) is 4.31 Å². The summed E-state index contributed by atoms with van der Waals surface area (Å²) in [5.41, 5.74) is 0.971. The van der Waals surface area contributed by atoms with Crippen molar-refractivity contribution in [3.05, 3.63) is 29.8 Å². The van der Waals surface area contributed by atoms with Gasteiger partial charge in [0.1, 0.15) is 0 Å². The summed E-state index contributed by atoms with van der Waals surface area (Å²) < 4.78 is 31.9. The Bertz CT molecular complexity index is 742. The van der Waals surface area contributed by atoms with Crippen molar-refractivity contribution in [3.63, 3.8) is 0 Å². The zero-order valence-corrected chi connectivity index (χ0v) is 12.7. The highest BCUT2D eigenvalue weighted by Gasteiger charge is 2.66. The highest BCUT2D eigenvalue weighted by molar-refractivity contribution is 7.89. The van der Waals surface area contributed by atoms with Gasteiger partial charge in [-0.25, -0.2) is 8.42 Å². The molecule has 0 N–H and O–H groups in total. The molecule has 4 rings (SSSR count). The second-order valence-electron chi connectivity index (χ2n) is 6.15. The quantitative estimate of drug-likeness (QED) is 0.596. The Kier molecular flexibility index (Phi) is 2.77. The van der Waals surface area contributed by atoms with Gasteiger partial charge in [-0.2, -0.15) is 4.31 Å². The van der Waals surface area contributed by atoms with Gasteiger partial charge in [-0.05, 0) is 31.9 Å². The molecule has 7 heteroatoms. The van der Waals surface area contributed by atoms with Gasteiger partial charge in [0, 0.05) is 12.1 Å². The van der Waals surface area contributed by atoms with Crippen LogP contribution in [-0.4, -0.2) is 36.7 Å². The molecule has 3 aliphatic rings. The second kappa shape index (κ2) is 4.39. The standard InChI is InChI=1S/C15H15NO5S/c1-8-2-4-9(5-3-8)22(19,20)16-10-6-7-11(16)13-12(10)14(17)21-15(13)18/h2-5,10-13H,6-7H2,1H3/t10-,11+,12+,13-. The van der Waals surface area contributed by atoms with E-state index >= 15 is 0 Å². The van der Waals surface area contributed by atoms with Gasteiger partial charge in [0.05, 0.1) is 16.7 Å². The number of carbonyl (C=O) groups is 2. The third-order valence-corrected chi connectivity index (χ3v) is 6.93. The Hall–Kier alpha value is -1.73. The van der Waals surface area contributed by atoms with Crippen LogP contribution in [0.3, 0.4) is 0 Å². The molecule has 0 aromatic heterocycles. The van der Waals surface area contributed by atoms with Crippen molar-refractivity contribution in [2.45, 2.75) is 36.7 Å². The molecule has 0 radical (unpaired) electrons. The molecule has 0 saturated carbocycles. The number of carbonyl (C=O) groups excluding carboxylic acids is 2. The van der Waals surface area contributed by atoms with Crippen molar-refractivity contribution < 1.29 is 22.7 Å². The fourth-order valence-electron chi connectivity index (χ4n) is 4.03. The molecule has 0 unspecified atom stereocenters. The fraction of sp³-hybridized carbons (Fsp3) is 0.467. The van der Waals surface area contributed by atoms with E-state index in [-0.39, 0.29) is 4.90 Å². The average molecular weight is 321 g/mol. The van der Waals surface area contributed by atoms with Crippen molar-refractivity contribution in [2.24, 2.45) is 11.8 Å². The zero-order valence-electron chi connectivity index (χ0n) is 11.9. The van der Waals surface area contributed by atoms with Crippen molar-refractivity contribution in [1.82, 2.24) is 4.31 Å². The lowest BCUT2D eigenvalue weighted by Gasteiger charge is -2.23. The van der Waals surface area contributed by atoms with E-state index in [4.69, 9.17) is 4.74 Å². The first-order chi connectivity index (χ1) is 10.4. The maximum Gasteiger partial charge on any atom is 0.319 e. The Labute approximate surface area is 128 Å². The monoisotopic (exact) mass is 321 g/mol. The first-order valence-corrected chi connectivity index (χ1v) is 8.71. The van der Waals surface area contributed by atoms with Gasteiger partial charge in [-0.3, -0.25) is 9.59 Å². The predicted molar refractivity (Wildman–Crippen MR) is 75.1 cm³/mol. The molecule has 6 nitrogen and oxygen atoms in total. The second-order valence-corrected chi connectivity index (χ2v) is 7.99. The Morgan fingerprint density at radius 1 is 1.00 bits per heavy atom. The van der Waals surface area contributed by atoms with Gasteiger partial charge in [-0.1, -0.05) is 17.7 Å². The van der Waals surface area contributed by atoms with Crippen LogP contribution in [0.5, 0.6) is 0 Å². The number of nitrogens with zero attached hydrogens (tertiary/aromatic N) is 1. The third-order valence-electron chi connectivity index (χ3n) is 4.97. The number of ether oxygens (including phenoxy) is 1. The van der Waals surface area contributed by atoms with Crippen LogP contribution in [-0.2, 0) is 24.3 Å². The minimum Gasteiger partial charge on any atom is -0.393 e. The van der Waals surface area contributed by atoms with Crippen LogP contribution in [0.2, 0.25) is 0 Å². The van der Waals surface area contributed by atoms with Crippen LogP contribution in [0.25, 0.3) is 0 Å². The average Bonchev–Trinajstić information content (AvgIpc) is 3.11. The number of hydrogen-bond acceptors (Lipinski definition) is 5. The lowest BCUT2D eigenvalue weighted by atomic mass is 9.81. The van der Waals surface area contributed by atoms with Gasteiger partial charge in [0.15, 0.2) is 0 Å². The van der Waals surface area contributed by atoms with E-state index < -0.39 is 45.9 Å². The summed E-state index contributed by atoms with van der Waals surface area (Å²) in [6.45, 7) is 1.88. The molecule has 0 aliphatic carbocycles. The van der Waals surface area contributed by atoms with Crippen molar-refractivity contribution in [2.75, 3.05) is 0 Å². The molecule has 4 atom stereocenters. The third kappa shape index (κ3) is 1.66. The molecule has 3 heterocycles. The number of fused-ring (bicyclic) bond motifs is 5. The van der Waals surface area contributed by atoms with Crippen LogP contribution >= 0.6 is 0 Å². The highest BCUT2D eigenvalue weighted by Crippen LogP contribution is 2.51. The van der Waals surface area contributed by atoms with Gasteiger partial charge in [-0.15, -0.1) is 0 Å². The number of benzene rings is 1. The summed E-state index contributed by atoms with van der Waals surface area (Å²) in [4.78, 5) is 23.9. The van der Waals surface area contributed by atoms with Gasteiger partial charge >= 0.3 is 11.9 Å². The minimum absolute atomic E-state index is 0.204. The Morgan fingerprint density at radius 2 is 1.50 bits per heavy atom. The van der Waals surface area contributed by atoms with Gasteiger partial charge in [0.25, 0.3) is 0 Å². The molecule has 116 valence electrons. The molecular weight excluding hydrogens is 306 g/mol. The highest BCUT2D eigenvalue weighted by atomic mass is 32.2. The van der Waals surface area contributed by atoms with E-state index in [0.29, 0.717) is 12.8 Å². The first kappa shape index (κ1) is 13.9. The van der Waals surface area contributed by atoms with Crippen LogP contribution < -0.4 is 0 Å². The van der Waals surface area contributed by atoms with E-state index in [1.807, 2.05) is 6.92 Å². The molecule has 3 saturated heterocycles. The van der Waals surface area contributed by atoms with Crippen molar-refractivity contribution >= 4 is 22.0 Å². The predicted octanol–water partition coefficient (Wildman–Crippen LogP) is 0.846. The maximum absolute atomic E-state index is 12.9. The molecular formula is C15H15NO5S. The van der Waals surface area contributed by atoms with Gasteiger partial charge < -0.3 is 4.74 Å². The van der Waals surface area contributed by atoms with Gasteiger partial charge in [0.2, 0.25) is 10.0 Å². The lowest BCUT2D eigenvalue weighted by molar-refractivity contribution is -0.154. The van der Waals surface area contributed by atoms with Crippen molar-refractivity contribution in [1.29, 1.82) is 0 Å². The molecule has 22 heavy (non-hydrogen) atoms. The Balaban J connectivity index is 1.76. The normalized spacial score (nSPS) is 34.0. The van der Waals surface area contributed by atoms with E-state index in [0.717, 1.165) is 5.56 Å². The molecule has 0 amide bonds. The number of cyclic esters (lactones) is 2. The number of rotatable bonds is 2. The largest absolute Gasteiger partial charge is 0.393 e. The summed E-state index contributed by atoms with van der Waals surface area (Å²) >= 11 is 0. The van der Waals surface area contributed by atoms with Crippen LogP contribution in [0.15, 0.2) is 29.2 Å². The van der Waals surface area contributed by atoms with Crippen LogP contribution in [0.1, 0.15) is 18.4 Å². The molecule has 0 spiro atoms. The van der Waals surface area contributed by atoms with Crippen LogP contribution in [0, 0.1) is 18.8 Å². The lowest BCUT2D eigenvalue weighted by Crippen LogP contribution is -2.39. The minimum atomic E-state index is -3.71. The zero-order chi connectivity index (χ0) is 15.6. The number of hydrogen-bond donors (Lipinski definition) is 0. The summed E-state index contributed by atoms with van der Waals surface area (Å²) in [7, 11) is -3.71. The van der Waals surface area contributed by atoms with E-state index in [2.05, 4.69) is 0 Å². The van der Waals surface area contributed by atoms with Crippen LogP contribution in [0.4, 0.5) is 0 Å². The summed E-state index contributed by atoms with van der Waals surface area (Å²) in [6.07, 6.45) is 1.19. The Morgan fingerprint density at radius 3 is 2.00 bits per heavy atom. The number of sulfonamides is 1. The molecule has 1 aromatic carbocycles. The molecule has 2 bridgehead atoms. The smallest absolute Gasteiger partial charge is 0.319 e. The topological polar surface area (TPSA) is 80.8 Å². The maximum atomic E-state index is 12.9.